The van der Waals surface area contributed by atoms with Gasteiger partial charge in [-0.1, -0.05) is 38.0 Å². The Morgan fingerprint density at radius 3 is 2.71 bits per heavy atom. The summed E-state index contributed by atoms with van der Waals surface area (Å²) in [5, 5.41) is 0. The zero-order valence-corrected chi connectivity index (χ0v) is 14.2. The Morgan fingerprint density at radius 2 is 2.00 bits per heavy atom. The minimum atomic E-state index is 0.781. The van der Waals surface area contributed by atoms with Gasteiger partial charge in [0.2, 0.25) is 0 Å². The summed E-state index contributed by atoms with van der Waals surface area (Å²) in [7, 11) is 6.46. The molecule has 0 saturated heterocycles. The third kappa shape index (κ3) is 5.62. The summed E-state index contributed by atoms with van der Waals surface area (Å²) in [5.41, 5.74) is 2.81. The lowest BCUT2D eigenvalue weighted by Crippen LogP contribution is -2.19. The summed E-state index contributed by atoms with van der Waals surface area (Å²) < 4.78 is 2.39. The third-order valence-corrected chi connectivity index (χ3v) is 4.36. The molecule has 0 bridgehead atoms. The van der Waals surface area contributed by atoms with Crippen LogP contribution in [0.2, 0.25) is 0 Å². The molecule has 0 heterocycles. The van der Waals surface area contributed by atoms with Gasteiger partial charge in [-0.15, -0.1) is 0 Å². The second kappa shape index (κ2) is 7.74. The van der Waals surface area contributed by atoms with E-state index >= 15 is 0 Å². The van der Waals surface area contributed by atoms with Crippen molar-refractivity contribution in [1.82, 2.24) is 4.90 Å². The second-order valence-electron chi connectivity index (χ2n) is 7.15. The molecule has 21 heavy (non-hydrogen) atoms. The van der Waals surface area contributed by atoms with E-state index in [2.05, 4.69) is 68.0 Å². The van der Waals surface area contributed by atoms with Crippen molar-refractivity contribution in [3.63, 3.8) is 0 Å². The van der Waals surface area contributed by atoms with Gasteiger partial charge in [-0.3, -0.25) is 0 Å². The highest BCUT2D eigenvalue weighted by molar-refractivity contribution is 5.55. The van der Waals surface area contributed by atoms with Crippen molar-refractivity contribution in [2.24, 2.45) is 11.8 Å². The van der Waals surface area contributed by atoms with Crippen LogP contribution in [-0.2, 0) is 13.1 Å². The molecule has 0 radical (unpaired) electrons. The van der Waals surface area contributed by atoms with Crippen LogP contribution in [0.25, 0.3) is 0 Å². The standard InChI is InChI=1S/C19H31N2/c1-16-7-5-8-17(11-16)14-21(4)15-19-10-6-9-18(12-19)13-20(2)3/h6,9-10,12,14,16-17H,5,7-8,11,13,15H2,1-4H3/q+1. The Morgan fingerprint density at radius 1 is 1.24 bits per heavy atom. The molecule has 2 unspecified atom stereocenters. The Kier molecular flexibility index (Phi) is 5.98. The first-order valence-corrected chi connectivity index (χ1v) is 8.30. The van der Waals surface area contributed by atoms with Crippen LogP contribution in [-0.4, -0.2) is 36.8 Å². The van der Waals surface area contributed by atoms with E-state index in [1.54, 1.807) is 0 Å². The van der Waals surface area contributed by atoms with E-state index < -0.39 is 0 Å². The average Bonchev–Trinajstić information content (AvgIpc) is 2.37. The molecule has 1 fully saturated rings. The number of hydrogen-bond donors (Lipinski definition) is 0. The molecular weight excluding hydrogens is 256 g/mol. The number of rotatable bonds is 5. The molecular formula is C19H31N2+. The number of benzene rings is 1. The van der Waals surface area contributed by atoms with E-state index in [9.17, 15) is 0 Å². The maximum absolute atomic E-state index is 2.47. The predicted octanol–water partition coefficient (Wildman–Crippen LogP) is 3.79. The minimum absolute atomic E-state index is 0.781. The Hall–Kier alpha value is -1.15. The van der Waals surface area contributed by atoms with Crippen molar-refractivity contribution >= 4 is 6.21 Å². The van der Waals surface area contributed by atoms with Crippen LogP contribution < -0.4 is 0 Å². The summed E-state index contributed by atoms with van der Waals surface area (Å²) in [6.07, 6.45) is 8.02. The molecule has 1 saturated carbocycles. The molecule has 2 rings (SSSR count). The first kappa shape index (κ1) is 16.2. The number of hydrogen-bond acceptors (Lipinski definition) is 1. The molecule has 0 spiro atoms. The maximum Gasteiger partial charge on any atom is 0.167 e. The summed E-state index contributed by atoms with van der Waals surface area (Å²) >= 11 is 0. The van der Waals surface area contributed by atoms with Gasteiger partial charge in [-0.2, -0.15) is 0 Å². The molecule has 1 aliphatic rings. The molecule has 0 amide bonds. The second-order valence-corrected chi connectivity index (χ2v) is 7.15. The summed E-state index contributed by atoms with van der Waals surface area (Å²) in [5.74, 6) is 1.68. The third-order valence-electron chi connectivity index (χ3n) is 4.36. The van der Waals surface area contributed by atoms with Crippen molar-refractivity contribution in [2.75, 3.05) is 21.1 Å². The average molecular weight is 287 g/mol. The quantitative estimate of drug-likeness (QED) is 0.590. The Balaban J connectivity index is 1.96. The van der Waals surface area contributed by atoms with Crippen molar-refractivity contribution < 1.29 is 4.58 Å². The van der Waals surface area contributed by atoms with Gasteiger partial charge in [-0.05, 0) is 44.5 Å². The molecule has 2 atom stereocenters. The van der Waals surface area contributed by atoms with Crippen LogP contribution in [0.4, 0.5) is 0 Å². The van der Waals surface area contributed by atoms with E-state index in [0.29, 0.717) is 0 Å². The highest BCUT2D eigenvalue weighted by atomic mass is 15.0. The molecule has 0 aliphatic heterocycles. The largest absolute Gasteiger partial charge is 0.305 e. The van der Waals surface area contributed by atoms with Gasteiger partial charge in [0.05, 0.1) is 0 Å². The molecule has 0 N–H and O–H groups in total. The van der Waals surface area contributed by atoms with Gasteiger partial charge in [-0.25, -0.2) is 4.58 Å². The molecule has 2 heteroatoms. The monoisotopic (exact) mass is 287 g/mol. The number of nitrogens with zero attached hydrogens (tertiary/aromatic N) is 2. The fourth-order valence-corrected chi connectivity index (χ4v) is 3.51. The molecule has 116 valence electrons. The minimum Gasteiger partial charge on any atom is -0.305 e. The van der Waals surface area contributed by atoms with Crippen LogP contribution in [0, 0.1) is 11.8 Å². The van der Waals surface area contributed by atoms with E-state index in [1.165, 1.54) is 36.8 Å². The normalized spacial score (nSPS) is 23.6. The lowest BCUT2D eigenvalue weighted by Gasteiger charge is -2.22. The topological polar surface area (TPSA) is 6.25 Å². The van der Waals surface area contributed by atoms with Crippen LogP contribution in [0.15, 0.2) is 24.3 Å². The fourth-order valence-electron chi connectivity index (χ4n) is 3.51. The predicted molar refractivity (Wildman–Crippen MR) is 90.9 cm³/mol. The van der Waals surface area contributed by atoms with Gasteiger partial charge in [0.1, 0.15) is 13.3 Å². The summed E-state index contributed by atoms with van der Waals surface area (Å²) in [6, 6.07) is 8.99. The Labute approximate surface area is 130 Å². The molecule has 0 aromatic heterocycles. The van der Waals surface area contributed by atoms with Crippen LogP contribution >= 0.6 is 0 Å². The summed E-state index contributed by atoms with van der Waals surface area (Å²) in [4.78, 5) is 2.22. The molecule has 1 aromatic carbocycles. The van der Waals surface area contributed by atoms with Crippen LogP contribution in [0.5, 0.6) is 0 Å². The van der Waals surface area contributed by atoms with E-state index in [-0.39, 0.29) is 0 Å². The zero-order valence-electron chi connectivity index (χ0n) is 14.2. The first-order valence-electron chi connectivity index (χ1n) is 8.30. The van der Waals surface area contributed by atoms with Crippen molar-refractivity contribution in [3.8, 4) is 0 Å². The highest BCUT2D eigenvalue weighted by Gasteiger charge is 2.20. The lowest BCUT2D eigenvalue weighted by atomic mass is 9.83. The lowest BCUT2D eigenvalue weighted by molar-refractivity contribution is -0.511. The molecule has 1 aromatic rings. The van der Waals surface area contributed by atoms with Gasteiger partial charge >= 0.3 is 0 Å². The van der Waals surface area contributed by atoms with E-state index in [4.69, 9.17) is 0 Å². The maximum atomic E-state index is 2.47. The van der Waals surface area contributed by atoms with Gasteiger partial charge in [0.15, 0.2) is 6.54 Å². The van der Waals surface area contributed by atoms with Crippen LogP contribution in [0.1, 0.15) is 43.7 Å². The fraction of sp³-hybridized carbons (Fsp3) is 0.632. The smallest absolute Gasteiger partial charge is 0.167 e. The molecule has 2 nitrogen and oxygen atoms in total. The SMILES string of the molecule is CC1CCCC(C=[N+](C)Cc2cccc(CN(C)C)c2)C1. The van der Waals surface area contributed by atoms with Crippen molar-refractivity contribution in [2.45, 2.75) is 45.7 Å². The highest BCUT2D eigenvalue weighted by Crippen LogP contribution is 2.27. The van der Waals surface area contributed by atoms with Crippen LogP contribution in [0.3, 0.4) is 0 Å². The molecule has 1 aliphatic carbocycles. The summed E-state index contributed by atoms with van der Waals surface area (Å²) in [6.45, 7) is 4.43. The van der Waals surface area contributed by atoms with Gasteiger partial charge in [0.25, 0.3) is 0 Å². The van der Waals surface area contributed by atoms with E-state index in [0.717, 1.165) is 24.9 Å². The van der Waals surface area contributed by atoms with E-state index in [1.807, 2.05) is 0 Å². The first-order chi connectivity index (χ1) is 10.0. The van der Waals surface area contributed by atoms with Gasteiger partial charge in [0, 0.05) is 18.0 Å². The van der Waals surface area contributed by atoms with Gasteiger partial charge < -0.3 is 4.90 Å². The van der Waals surface area contributed by atoms with Crippen molar-refractivity contribution in [3.05, 3.63) is 35.4 Å². The Bertz CT molecular complexity index is 476. The zero-order chi connectivity index (χ0) is 15.2. The van der Waals surface area contributed by atoms with Crippen molar-refractivity contribution in [1.29, 1.82) is 0 Å².